The van der Waals surface area contributed by atoms with Crippen LogP contribution in [0.5, 0.6) is 0 Å². The molecule has 2 aromatic heterocycles. The monoisotopic (exact) mass is 283 g/mol. The lowest BCUT2D eigenvalue weighted by Crippen LogP contribution is -2.12. The quantitative estimate of drug-likeness (QED) is 0.937. The molecule has 1 N–H and O–H groups in total. The smallest absolute Gasteiger partial charge is 0.0724 e. The zero-order valence-corrected chi connectivity index (χ0v) is 10.4. The highest BCUT2D eigenvalue weighted by molar-refractivity contribution is 9.11. The lowest BCUT2D eigenvalue weighted by atomic mass is 10.4. The van der Waals surface area contributed by atoms with Crippen LogP contribution in [-0.2, 0) is 13.1 Å². The number of aromatic nitrogens is 2. The average Bonchev–Trinajstić information content (AvgIpc) is 2.66. The van der Waals surface area contributed by atoms with E-state index in [0.29, 0.717) is 0 Å². The number of rotatable bonds is 4. The molecule has 0 amide bonds. The Labute approximate surface area is 101 Å². The Bertz CT molecular complexity index is 416. The molecule has 2 aromatic rings. The Morgan fingerprint density at radius 1 is 1.27 bits per heavy atom. The zero-order valence-electron chi connectivity index (χ0n) is 7.98. The molecular formula is C10H10BrN3S. The summed E-state index contributed by atoms with van der Waals surface area (Å²) in [6.07, 6.45) is 5.16. The lowest BCUT2D eigenvalue weighted by Gasteiger charge is -2.01. The lowest BCUT2D eigenvalue weighted by molar-refractivity contribution is 0.683. The van der Waals surface area contributed by atoms with Gasteiger partial charge in [-0.1, -0.05) is 0 Å². The minimum atomic E-state index is 0.753. The molecule has 0 bridgehead atoms. The molecule has 0 aliphatic carbocycles. The third kappa shape index (κ3) is 3.37. The molecule has 0 aromatic carbocycles. The van der Waals surface area contributed by atoms with Gasteiger partial charge in [-0.05, 0) is 28.1 Å². The fraction of sp³-hybridized carbons (Fsp3) is 0.200. The molecule has 5 heteroatoms. The van der Waals surface area contributed by atoms with Gasteiger partial charge in [0.15, 0.2) is 0 Å². The van der Waals surface area contributed by atoms with E-state index >= 15 is 0 Å². The van der Waals surface area contributed by atoms with E-state index in [1.807, 2.05) is 0 Å². The molecule has 3 nitrogen and oxygen atoms in total. The van der Waals surface area contributed by atoms with Crippen LogP contribution in [0.1, 0.15) is 10.6 Å². The second-order valence-corrected chi connectivity index (χ2v) is 5.55. The minimum absolute atomic E-state index is 0.753. The minimum Gasteiger partial charge on any atom is -0.306 e. The highest BCUT2D eigenvalue weighted by Gasteiger charge is 1.97. The van der Waals surface area contributed by atoms with Gasteiger partial charge in [0, 0.05) is 36.6 Å². The molecular weight excluding hydrogens is 274 g/mol. The number of halogens is 1. The summed E-state index contributed by atoms with van der Waals surface area (Å²) in [6.45, 7) is 1.62. The van der Waals surface area contributed by atoms with Crippen LogP contribution in [0.15, 0.2) is 34.5 Å². The van der Waals surface area contributed by atoms with Crippen molar-refractivity contribution < 1.29 is 0 Å². The molecule has 0 aliphatic rings. The molecule has 78 valence electrons. The van der Waals surface area contributed by atoms with Crippen LogP contribution in [0.4, 0.5) is 0 Å². The van der Waals surface area contributed by atoms with E-state index in [-0.39, 0.29) is 0 Å². The predicted molar refractivity (Wildman–Crippen MR) is 64.6 cm³/mol. The Kier molecular flexibility index (Phi) is 3.82. The fourth-order valence-corrected chi connectivity index (χ4v) is 2.63. The number of nitrogens with zero attached hydrogens (tertiary/aromatic N) is 2. The Balaban J connectivity index is 1.80. The van der Waals surface area contributed by atoms with Gasteiger partial charge < -0.3 is 5.32 Å². The first-order valence-corrected chi connectivity index (χ1v) is 6.15. The van der Waals surface area contributed by atoms with E-state index < -0.39 is 0 Å². The summed E-state index contributed by atoms with van der Waals surface area (Å²) < 4.78 is 1.17. The van der Waals surface area contributed by atoms with E-state index in [2.05, 4.69) is 43.3 Å². The van der Waals surface area contributed by atoms with Crippen LogP contribution in [0.25, 0.3) is 0 Å². The van der Waals surface area contributed by atoms with Crippen LogP contribution in [-0.4, -0.2) is 9.97 Å². The number of thiophene rings is 1. The molecule has 0 aliphatic heterocycles. The van der Waals surface area contributed by atoms with Crippen molar-refractivity contribution in [3.63, 3.8) is 0 Å². The summed E-state index contributed by atoms with van der Waals surface area (Å²) in [7, 11) is 0. The van der Waals surface area contributed by atoms with E-state index in [1.165, 1.54) is 8.66 Å². The Morgan fingerprint density at radius 3 is 2.87 bits per heavy atom. The highest BCUT2D eigenvalue weighted by Crippen LogP contribution is 2.21. The SMILES string of the molecule is Brc1ccc(CNCc2cnccn2)s1. The van der Waals surface area contributed by atoms with Gasteiger partial charge in [0.2, 0.25) is 0 Å². The van der Waals surface area contributed by atoms with Gasteiger partial charge in [0.1, 0.15) is 0 Å². The third-order valence-electron chi connectivity index (χ3n) is 1.85. The molecule has 2 rings (SSSR count). The van der Waals surface area contributed by atoms with Gasteiger partial charge >= 0.3 is 0 Å². The normalized spacial score (nSPS) is 10.5. The Hall–Kier alpha value is -0.780. The van der Waals surface area contributed by atoms with Crippen molar-refractivity contribution in [1.29, 1.82) is 0 Å². The molecule has 0 saturated carbocycles. The summed E-state index contributed by atoms with van der Waals surface area (Å²) in [4.78, 5) is 9.50. The summed E-state index contributed by atoms with van der Waals surface area (Å²) in [5, 5.41) is 3.32. The van der Waals surface area contributed by atoms with Gasteiger partial charge in [0.05, 0.1) is 9.48 Å². The first-order valence-electron chi connectivity index (χ1n) is 4.54. The molecule has 0 fully saturated rings. The average molecular weight is 284 g/mol. The van der Waals surface area contributed by atoms with E-state index in [0.717, 1.165) is 18.8 Å². The van der Waals surface area contributed by atoms with Gasteiger partial charge in [-0.3, -0.25) is 9.97 Å². The fourth-order valence-electron chi connectivity index (χ4n) is 1.18. The second-order valence-electron chi connectivity index (χ2n) is 3.01. The highest BCUT2D eigenvalue weighted by atomic mass is 79.9. The molecule has 0 radical (unpaired) electrons. The predicted octanol–water partition coefficient (Wildman–Crippen LogP) is 2.59. The Morgan fingerprint density at radius 2 is 2.20 bits per heavy atom. The third-order valence-corrected chi connectivity index (χ3v) is 3.47. The van der Waals surface area contributed by atoms with Crippen molar-refractivity contribution in [1.82, 2.24) is 15.3 Å². The maximum atomic E-state index is 4.18. The first-order chi connectivity index (χ1) is 7.34. The van der Waals surface area contributed by atoms with Crippen LogP contribution < -0.4 is 5.32 Å². The van der Waals surface area contributed by atoms with Gasteiger partial charge in [-0.25, -0.2) is 0 Å². The van der Waals surface area contributed by atoms with Crippen molar-refractivity contribution >= 4 is 27.3 Å². The molecule has 0 saturated heterocycles. The van der Waals surface area contributed by atoms with Crippen LogP contribution in [0.2, 0.25) is 0 Å². The standard InChI is InChI=1S/C10H10BrN3S/c11-10-2-1-9(15-10)7-13-6-8-5-12-3-4-14-8/h1-5,13H,6-7H2. The molecule has 0 unspecified atom stereocenters. The molecule has 0 spiro atoms. The van der Waals surface area contributed by atoms with Crippen LogP contribution >= 0.6 is 27.3 Å². The van der Waals surface area contributed by atoms with Crippen LogP contribution in [0.3, 0.4) is 0 Å². The van der Waals surface area contributed by atoms with E-state index in [4.69, 9.17) is 0 Å². The summed E-state index contributed by atoms with van der Waals surface area (Å²) in [5.41, 5.74) is 0.966. The second kappa shape index (κ2) is 5.34. The molecule has 2 heterocycles. The maximum absolute atomic E-state index is 4.18. The number of hydrogen-bond acceptors (Lipinski definition) is 4. The number of hydrogen-bond donors (Lipinski definition) is 1. The van der Waals surface area contributed by atoms with Gasteiger partial charge in [0.25, 0.3) is 0 Å². The molecule has 0 atom stereocenters. The van der Waals surface area contributed by atoms with Gasteiger partial charge in [-0.15, -0.1) is 11.3 Å². The molecule has 15 heavy (non-hydrogen) atoms. The summed E-state index contributed by atoms with van der Waals surface area (Å²) in [6, 6.07) is 4.17. The van der Waals surface area contributed by atoms with E-state index in [9.17, 15) is 0 Å². The van der Waals surface area contributed by atoms with E-state index in [1.54, 1.807) is 29.9 Å². The van der Waals surface area contributed by atoms with Crippen molar-refractivity contribution in [3.8, 4) is 0 Å². The zero-order chi connectivity index (χ0) is 10.5. The topological polar surface area (TPSA) is 37.8 Å². The van der Waals surface area contributed by atoms with Gasteiger partial charge in [-0.2, -0.15) is 0 Å². The summed E-state index contributed by atoms with van der Waals surface area (Å²) >= 11 is 5.18. The maximum Gasteiger partial charge on any atom is 0.0724 e. The van der Waals surface area contributed by atoms with Crippen molar-refractivity contribution in [3.05, 3.63) is 45.1 Å². The van der Waals surface area contributed by atoms with Crippen molar-refractivity contribution in [2.45, 2.75) is 13.1 Å². The van der Waals surface area contributed by atoms with Crippen molar-refractivity contribution in [2.24, 2.45) is 0 Å². The largest absolute Gasteiger partial charge is 0.306 e. The summed E-state index contributed by atoms with van der Waals surface area (Å²) in [5.74, 6) is 0. The van der Waals surface area contributed by atoms with Crippen molar-refractivity contribution in [2.75, 3.05) is 0 Å². The number of nitrogens with one attached hydrogen (secondary N) is 1. The first kappa shape index (κ1) is 10.7. The van der Waals surface area contributed by atoms with Crippen LogP contribution in [0, 0.1) is 0 Å².